The number of ketones is 1. The third-order valence-electron chi connectivity index (χ3n) is 3.81. The van der Waals surface area contributed by atoms with Gasteiger partial charge < -0.3 is 0 Å². The Morgan fingerprint density at radius 2 is 1.79 bits per heavy atom. The lowest BCUT2D eigenvalue weighted by Crippen LogP contribution is -2.70. The van der Waals surface area contributed by atoms with Gasteiger partial charge in [0.2, 0.25) is 0 Å². The van der Waals surface area contributed by atoms with Crippen LogP contribution < -0.4 is 21.6 Å². The molecule has 19 heavy (non-hydrogen) atoms. The van der Waals surface area contributed by atoms with Gasteiger partial charge in [0.15, 0.2) is 17.6 Å². The Labute approximate surface area is 113 Å². The molecule has 0 saturated heterocycles. The summed E-state index contributed by atoms with van der Waals surface area (Å²) in [5.74, 6) is 6.50. The molecule has 1 aromatic carbocycles. The third kappa shape index (κ3) is 1.67. The summed E-state index contributed by atoms with van der Waals surface area (Å²) in [6, 6.07) is 11.5. The molecule has 2 heterocycles. The number of nitrogens with two attached hydrogens (primary N) is 1. The number of carbonyl (C=O) groups is 1. The third-order valence-corrected chi connectivity index (χ3v) is 3.81. The van der Waals surface area contributed by atoms with Gasteiger partial charge in [-0.3, -0.25) is 4.79 Å². The van der Waals surface area contributed by atoms with Crippen LogP contribution in [0.2, 0.25) is 5.82 Å². The SMILES string of the molecule is CC(C)B1c2ccccc2C(=O)c2ccc[n+](N)c21. The Kier molecular flexibility index (Phi) is 2.66. The van der Waals surface area contributed by atoms with Crippen LogP contribution >= 0.6 is 0 Å². The van der Waals surface area contributed by atoms with E-state index in [0.717, 1.165) is 22.2 Å². The van der Waals surface area contributed by atoms with Gasteiger partial charge in [-0.25, -0.2) is 5.84 Å². The lowest BCUT2D eigenvalue weighted by molar-refractivity contribution is -0.621. The average molecular weight is 251 g/mol. The van der Waals surface area contributed by atoms with Crippen LogP contribution in [0.3, 0.4) is 0 Å². The molecule has 94 valence electrons. The van der Waals surface area contributed by atoms with Gasteiger partial charge in [-0.1, -0.05) is 54.1 Å². The molecule has 1 aliphatic heterocycles. The van der Waals surface area contributed by atoms with E-state index in [4.69, 9.17) is 5.84 Å². The molecule has 3 rings (SSSR count). The fraction of sp³-hybridized carbons (Fsp3) is 0.200. The standard InChI is InChI=1S/C15H16BN2O/c1-10(2)16-13-8-4-3-6-11(13)14(19)12-7-5-9-18(17)15(12)16/h3-10H,17H2,1-2H3/q+1. The summed E-state index contributed by atoms with van der Waals surface area (Å²) in [4.78, 5) is 12.6. The van der Waals surface area contributed by atoms with Gasteiger partial charge in [0, 0.05) is 11.6 Å². The topological polar surface area (TPSA) is 47.0 Å². The zero-order valence-corrected chi connectivity index (χ0v) is 11.1. The van der Waals surface area contributed by atoms with E-state index in [2.05, 4.69) is 13.8 Å². The van der Waals surface area contributed by atoms with Gasteiger partial charge in [0.1, 0.15) is 0 Å². The van der Waals surface area contributed by atoms with E-state index >= 15 is 0 Å². The number of nitrogens with zero attached hydrogens (tertiary/aromatic N) is 1. The highest BCUT2D eigenvalue weighted by Gasteiger charge is 2.42. The van der Waals surface area contributed by atoms with Gasteiger partial charge in [-0.2, -0.15) is 0 Å². The normalized spacial score (nSPS) is 13.4. The zero-order valence-electron chi connectivity index (χ0n) is 11.1. The van der Waals surface area contributed by atoms with E-state index < -0.39 is 0 Å². The number of pyridine rings is 1. The zero-order chi connectivity index (χ0) is 13.6. The Bertz CT molecular complexity index is 667. The minimum atomic E-state index is 0.0716. The van der Waals surface area contributed by atoms with Gasteiger partial charge in [0.05, 0.1) is 5.56 Å². The van der Waals surface area contributed by atoms with E-state index in [9.17, 15) is 4.79 Å². The van der Waals surface area contributed by atoms with Gasteiger partial charge in [-0.05, 0) is 6.07 Å². The monoisotopic (exact) mass is 251 g/mol. The van der Waals surface area contributed by atoms with E-state index in [1.165, 1.54) is 0 Å². The van der Waals surface area contributed by atoms with Crippen LogP contribution in [0, 0.1) is 0 Å². The smallest absolute Gasteiger partial charge is 0.288 e. The van der Waals surface area contributed by atoms with Crippen LogP contribution in [0.1, 0.15) is 29.8 Å². The quantitative estimate of drug-likeness (QED) is 0.448. The molecule has 1 aliphatic rings. The Hall–Kier alpha value is -2.10. The van der Waals surface area contributed by atoms with Crippen molar-refractivity contribution in [1.82, 2.24) is 0 Å². The van der Waals surface area contributed by atoms with Crippen molar-refractivity contribution in [3.63, 3.8) is 0 Å². The summed E-state index contributed by atoms with van der Waals surface area (Å²) in [5, 5.41) is 0. The predicted molar refractivity (Wildman–Crippen MR) is 76.8 cm³/mol. The van der Waals surface area contributed by atoms with Crippen molar-refractivity contribution in [1.29, 1.82) is 0 Å². The van der Waals surface area contributed by atoms with Crippen LogP contribution in [0.5, 0.6) is 0 Å². The fourth-order valence-electron chi connectivity index (χ4n) is 3.00. The molecule has 3 nitrogen and oxygen atoms in total. The number of carbonyl (C=O) groups excluding carboxylic acids is 1. The number of aromatic nitrogens is 1. The molecule has 4 heteroatoms. The second-order valence-electron chi connectivity index (χ2n) is 5.35. The van der Waals surface area contributed by atoms with Gasteiger partial charge in [-0.15, -0.1) is 0 Å². The summed E-state index contributed by atoms with van der Waals surface area (Å²) in [6.07, 6.45) is 1.80. The Balaban J connectivity index is 2.34. The van der Waals surface area contributed by atoms with Crippen LogP contribution in [0.15, 0.2) is 42.6 Å². The molecule has 0 amide bonds. The van der Waals surface area contributed by atoms with Crippen molar-refractivity contribution in [2.75, 3.05) is 5.84 Å². The van der Waals surface area contributed by atoms with Crippen molar-refractivity contribution >= 4 is 23.6 Å². The number of nitrogen functional groups attached to an aromatic ring is 1. The molecule has 0 spiro atoms. The number of hydrogen-bond acceptors (Lipinski definition) is 2. The first-order valence-electron chi connectivity index (χ1n) is 6.54. The predicted octanol–water partition coefficient (Wildman–Crippen LogP) is 0.251. The van der Waals surface area contributed by atoms with E-state index in [0.29, 0.717) is 5.82 Å². The highest BCUT2D eigenvalue weighted by Crippen LogP contribution is 2.18. The minimum Gasteiger partial charge on any atom is -0.288 e. The first-order chi connectivity index (χ1) is 9.11. The lowest BCUT2D eigenvalue weighted by atomic mass is 9.33. The molecule has 0 atom stereocenters. The maximum absolute atomic E-state index is 12.6. The van der Waals surface area contributed by atoms with E-state index in [-0.39, 0.29) is 12.5 Å². The average Bonchev–Trinajstić information content (AvgIpc) is 2.40. The van der Waals surface area contributed by atoms with Crippen molar-refractivity contribution in [2.45, 2.75) is 19.7 Å². The second kappa shape index (κ2) is 4.23. The van der Waals surface area contributed by atoms with Crippen LogP contribution in [0.4, 0.5) is 0 Å². The van der Waals surface area contributed by atoms with Crippen molar-refractivity contribution in [2.24, 2.45) is 0 Å². The molecule has 0 unspecified atom stereocenters. The van der Waals surface area contributed by atoms with Crippen LogP contribution in [-0.2, 0) is 0 Å². The summed E-state index contributed by atoms with van der Waals surface area (Å²) in [6.45, 7) is 4.48. The molecule has 2 N–H and O–H groups in total. The van der Waals surface area contributed by atoms with Crippen molar-refractivity contribution in [3.05, 3.63) is 53.7 Å². The fourth-order valence-corrected chi connectivity index (χ4v) is 3.00. The minimum absolute atomic E-state index is 0.0716. The number of fused-ring (bicyclic) bond motifs is 2. The van der Waals surface area contributed by atoms with Crippen LogP contribution in [0.25, 0.3) is 0 Å². The summed E-state index contributed by atoms with van der Waals surface area (Å²) in [7, 11) is 0. The van der Waals surface area contributed by atoms with Crippen molar-refractivity contribution in [3.8, 4) is 0 Å². The molecule has 0 bridgehead atoms. The number of hydrogen-bond donors (Lipinski definition) is 1. The summed E-state index contributed by atoms with van der Waals surface area (Å²) >= 11 is 0. The second-order valence-corrected chi connectivity index (χ2v) is 5.35. The number of benzene rings is 1. The molecular formula is C15H16BN2O+. The Morgan fingerprint density at radius 3 is 2.53 bits per heavy atom. The number of rotatable bonds is 1. The Morgan fingerprint density at radius 1 is 1.11 bits per heavy atom. The van der Waals surface area contributed by atoms with Gasteiger partial charge >= 0.3 is 6.71 Å². The summed E-state index contributed by atoms with van der Waals surface area (Å²) < 4.78 is 1.59. The van der Waals surface area contributed by atoms with Crippen LogP contribution in [-0.4, -0.2) is 12.5 Å². The molecule has 0 fully saturated rings. The maximum atomic E-state index is 12.6. The first-order valence-corrected chi connectivity index (χ1v) is 6.54. The molecule has 0 aliphatic carbocycles. The van der Waals surface area contributed by atoms with E-state index in [1.807, 2.05) is 36.4 Å². The maximum Gasteiger partial charge on any atom is 0.301 e. The molecule has 1 aromatic heterocycles. The highest BCUT2D eigenvalue weighted by atomic mass is 16.1. The largest absolute Gasteiger partial charge is 0.301 e. The van der Waals surface area contributed by atoms with Gasteiger partial charge in [0.25, 0.3) is 0 Å². The molecule has 0 saturated carbocycles. The van der Waals surface area contributed by atoms with Crippen molar-refractivity contribution < 1.29 is 9.47 Å². The lowest BCUT2D eigenvalue weighted by Gasteiger charge is -2.23. The highest BCUT2D eigenvalue weighted by molar-refractivity contribution is 6.88. The molecule has 2 aromatic rings. The first kappa shape index (κ1) is 12.0. The molecule has 0 radical (unpaired) electrons. The van der Waals surface area contributed by atoms with E-state index in [1.54, 1.807) is 10.9 Å². The summed E-state index contributed by atoms with van der Waals surface area (Å²) in [5.41, 5.74) is 3.53. The molecular weight excluding hydrogens is 235 g/mol.